The zero-order valence-corrected chi connectivity index (χ0v) is 7.88. The number of rotatable bonds is 2. The van der Waals surface area contributed by atoms with E-state index in [-0.39, 0.29) is 0 Å². The summed E-state index contributed by atoms with van der Waals surface area (Å²) in [6, 6.07) is 13.2. The van der Waals surface area contributed by atoms with E-state index in [1.165, 1.54) is 6.33 Å². The Hall–Kier alpha value is -2.41. The van der Waals surface area contributed by atoms with Crippen LogP contribution in [0.1, 0.15) is 5.69 Å². The van der Waals surface area contributed by atoms with Crippen LogP contribution in [-0.2, 0) is 0 Å². The lowest BCUT2D eigenvalue weighted by Gasteiger charge is -2.03. The number of anilines is 2. The van der Waals surface area contributed by atoms with Gasteiger partial charge in [0, 0.05) is 11.8 Å². The molecule has 72 valence electrons. The number of hydrogen-bond donors (Lipinski definition) is 1. The number of nitrogens with one attached hydrogen (secondary N) is 1. The van der Waals surface area contributed by atoms with Gasteiger partial charge in [0.1, 0.15) is 23.9 Å². The molecule has 0 aliphatic carbocycles. The number of nitriles is 1. The van der Waals surface area contributed by atoms with Crippen molar-refractivity contribution in [2.24, 2.45) is 0 Å². The Balaban J connectivity index is 2.22. The predicted octanol–water partition coefficient (Wildman–Crippen LogP) is 2.09. The van der Waals surface area contributed by atoms with E-state index in [1.807, 2.05) is 36.4 Å². The summed E-state index contributed by atoms with van der Waals surface area (Å²) in [5, 5.41) is 11.7. The fraction of sp³-hybridized carbons (Fsp3) is 0. The molecule has 1 aromatic carbocycles. The second-order valence-electron chi connectivity index (χ2n) is 2.89. The highest BCUT2D eigenvalue weighted by Crippen LogP contribution is 2.12. The molecule has 15 heavy (non-hydrogen) atoms. The molecule has 0 aliphatic heterocycles. The van der Waals surface area contributed by atoms with E-state index < -0.39 is 0 Å². The van der Waals surface area contributed by atoms with Crippen molar-refractivity contribution in [3.05, 3.63) is 48.4 Å². The molecule has 1 aromatic heterocycles. The lowest BCUT2D eigenvalue weighted by Crippen LogP contribution is -1.95. The van der Waals surface area contributed by atoms with Gasteiger partial charge in [0.25, 0.3) is 0 Å². The monoisotopic (exact) mass is 196 g/mol. The van der Waals surface area contributed by atoms with Gasteiger partial charge in [-0.15, -0.1) is 0 Å². The Kier molecular flexibility index (Phi) is 2.56. The Bertz CT molecular complexity index is 487. The molecule has 1 N–H and O–H groups in total. The van der Waals surface area contributed by atoms with Crippen LogP contribution in [0.15, 0.2) is 42.7 Å². The third-order valence-electron chi connectivity index (χ3n) is 1.83. The molecule has 2 rings (SSSR count). The van der Waals surface area contributed by atoms with Gasteiger partial charge in [0.2, 0.25) is 0 Å². The molecular formula is C11H8N4. The van der Waals surface area contributed by atoms with Gasteiger partial charge in [0.15, 0.2) is 0 Å². The zero-order chi connectivity index (χ0) is 10.5. The van der Waals surface area contributed by atoms with Gasteiger partial charge in [-0.3, -0.25) is 0 Å². The van der Waals surface area contributed by atoms with Crippen molar-refractivity contribution in [1.82, 2.24) is 9.97 Å². The number of nitrogens with zero attached hydrogens (tertiary/aromatic N) is 3. The quantitative estimate of drug-likeness (QED) is 0.798. The van der Waals surface area contributed by atoms with Crippen LogP contribution in [0.5, 0.6) is 0 Å². The average molecular weight is 196 g/mol. The van der Waals surface area contributed by atoms with Crippen LogP contribution in [0.25, 0.3) is 0 Å². The summed E-state index contributed by atoms with van der Waals surface area (Å²) >= 11 is 0. The summed E-state index contributed by atoms with van der Waals surface area (Å²) in [5.74, 6) is 0.618. The van der Waals surface area contributed by atoms with Crippen LogP contribution in [0, 0.1) is 11.3 Å². The average Bonchev–Trinajstić information content (AvgIpc) is 2.31. The van der Waals surface area contributed by atoms with Gasteiger partial charge in [-0.25, -0.2) is 9.97 Å². The first kappa shape index (κ1) is 9.16. The molecule has 0 spiro atoms. The van der Waals surface area contributed by atoms with Crippen LogP contribution < -0.4 is 5.32 Å². The zero-order valence-electron chi connectivity index (χ0n) is 7.88. The maximum atomic E-state index is 8.66. The molecule has 4 heteroatoms. The van der Waals surface area contributed by atoms with Gasteiger partial charge in [-0.05, 0) is 12.1 Å². The highest BCUT2D eigenvalue weighted by atomic mass is 15.0. The van der Waals surface area contributed by atoms with E-state index >= 15 is 0 Å². The van der Waals surface area contributed by atoms with E-state index in [9.17, 15) is 0 Å². The largest absolute Gasteiger partial charge is 0.340 e. The summed E-state index contributed by atoms with van der Waals surface area (Å²) in [6.45, 7) is 0. The maximum absolute atomic E-state index is 8.66. The number of aromatic nitrogens is 2. The van der Waals surface area contributed by atoms with Gasteiger partial charge < -0.3 is 5.32 Å². The Morgan fingerprint density at radius 2 is 1.93 bits per heavy atom. The fourth-order valence-corrected chi connectivity index (χ4v) is 1.16. The molecule has 0 bridgehead atoms. The van der Waals surface area contributed by atoms with Gasteiger partial charge in [-0.1, -0.05) is 18.2 Å². The van der Waals surface area contributed by atoms with Gasteiger partial charge >= 0.3 is 0 Å². The molecule has 4 nitrogen and oxygen atoms in total. The Morgan fingerprint density at radius 3 is 2.67 bits per heavy atom. The Labute approximate surface area is 87.2 Å². The van der Waals surface area contributed by atoms with Crippen molar-refractivity contribution < 1.29 is 0 Å². The molecule has 0 atom stereocenters. The van der Waals surface area contributed by atoms with Crippen molar-refractivity contribution >= 4 is 11.5 Å². The second-order valence-corrected chi connectivity index (χ2v) is 2.89. The van der Waals surface area contributed by atoms with E-state index in [0.717, 1.165) is 5.69 Å². The van der Waals surface area contributed by atoms with Crippen molar-refractivity contribution in [3.63, 3.8) is 0 Å². The molecule has 0 fully saturated rings. The van der Waals surface area contributed by atoms with E-state index in [2.05, 4.69) is 15.3 Å². The standard InChI is InChI=1S/C11H8N4/c12-7-10-6-11(14-8-13-10)15-9-4-2-1-3-5-9/h1-6,8H,(H,13,14,15). The topological polar surface area (TPSA) is 61.6 Å². The summed E-state index contributed by atoms with van der Waals surface area (Å²) in [6.07, 6.45) is 1.36. The first-order valence-corrected chi connectivity index (χ1v) is 4.43. The van der Waals surface area contributed by atoms with Crippen molar-refractivity contribution in [2.45, 2.75) is 0 Å². The van der Waals surface area contributed by atoms with E-state index in [1.54, 1.807) is 6.07 Å². The molecule has 0 aliphatic rings. The van der Waals surface area contributed by atoms with Crippen molar-refractivity contribution in [3.8, 4) is 6.07 Å². The number of para-hydroxylation sites is 1. The number of benzene rings is 1. The SMILES string of the molecule is N#Cc1cc(Nc2ccccc2)ncn1. The second kappa shape index (κ2) is 4.20. The molecule has 0 radical (unpaired) electrons. The van der Waals surface area contributed by atoms with Crippen LogP contribution in [-0.4, -0.2) is 9.97 Å². The summed E-state index contributed by atoms with van der Waals surface area (Å²) < 4.78 is 0. The van der Waals surface area contributed by atoms with Crippen LogP contribution in [0.3, 0.4) is 0 Å². The predicted molar refractivity (Wildman–Crippen MR) is 56.5 cm³/mol. The minimum absolute atomic E-state index is 0.350. The molecule has 0 unspecified atom stereocenters. The molecular weight excluding hydrogens is 188 g/mol. The minimum Gasteiger partial charge on any atom is -0.340 e. The third kappa shape index (κ3) is 2.29. The van der Waals surface area contributed by atoms with Gasteiger partial charge in [-0.2, -0.15) is 5.26 Å². The minimum atomic E-state index is 0.350. The Morgan fingerprint density at radius 1 is 1.13 bits per heavy atom. The van der Waals surface area contributed by atoms with Crippen molar-refractivity contribution in [1.29, 1.82) is 5.26 Å². The lowest BCUT2D eigenvalue weighted by molar-refractivity contribution is 1.14. The van der Waals surface area contributed by atoms with E-state index in [0.29, 0.717) is 11.5 Å². The molecule has 1 heterocycles. The molecule has 0 amide bonds. The van der Waals surface area contributed by atoms with Crippen LogP contribution in [0.2, 0.25) is 0 Å². The summed E-state index contributed by atoms with van der Waals surface area (Å²) in [5.41, 5.74) is 1.28. The fourth-order valence-electron chi connectivity index (χ4n) is 1.16. The van der Waals surface area contributed by atoms with E-state index in [4.69, 9.17) is 5.26 Å². The van der Waals surface area contributed by atoms with Crippen molar-refractivity contribution in [2.75, 3.05) is 5.32 Å². The number of hydrogen-bond acceptors (Lipinski definition) is 4. The van der Waals surface area contributed by atoms with Crippen LogP contribution >= 0.6 is 0 Å². The van der Waals surface area contributed by atoms with Gasteiger partial charge in [0.05, 0.1) is 0 Å². The highest BCUT2D eigenvalue weighted by molar-refractivity contribution is 5.56. The maximum Gasteiger partial charge on any atom is 0.145 e. The first-order valence-electron chi connectivity index (χ1n) is 4.43. The first-order chi connectivity index (χ1) is 7.38. The lowest BCUT2D eigenvalue weighted by atomic mass is 10.3. The highest BCUT2D eigenvalue weighted by Gasteiger charge is 1.97. The summed E-state index contributed by atoms with van der Waals surface area (Å²) in [4.78, 5) is 7.80. The molecule has 0 saturated carbocycles. The smallest absolute Gasteiger partial charge is 0.145 e. The summed E-state index contributed by atoms with van der Waals surface area (Å²) in [7, 11) is 0. The van der Waals surface area contributed by atoms with Crippen LogP contribution in [0.4, 0.5) is 11.5 Å². The molecule has 0 saturated heterocycles. The third-order valence-corrected chi connectivity index (χ3v) is 1.83. The normalized spacial score (nSPS) is 9.27. The molecule has 2 aromatic rings.